The Bertz CT molecular complexity index is 475. The standard InChI is InChI=1S/C21H41NO4S/c1-2-3-4-5-6-7-8-9-10-11-12-13-14-15-16-17-18-21(23)22-19-20-27(24,25)26/h10-11H,2-9,12-20H2,1H3,(H,22,23)(H,24,25,26)/b11-10-. The van der Waals surface area contributed by atoms with Crippen LogP contribution in [0.15, 0.2) is 12.2 Å². The van der Waals surface area contributed by atoms with E-state index in [4.69, 9.17) is 4.55 Å². The number of carbonyl (C=O) groups is 1. The summed E-state index contributed by atoms with van der Waals surface area (Å²) in [5.74, 6) is -0.572. The third-order valence-corrected chi connectivity index (χ3v) is 5.32. The molecule has 0 rings (SSSR count). The second kappa shape index (κ2) is 18.5. The third-order valence-electron chi connectivity index (χ3n) is 4.60. The minimum Gasteiger partial charge on any atom is -0.355 e. The minimum atomic E-state index is -3.99. The van der Waals surface area contributed by atoms with Crippen LogP contribution in [0.3, 0.4) is 0 Å². The lowest BCUT2D eigenvalue weighted by Gasteiger charge is -2.04. The van der Waals surface area contributed by atoms with Crippen LogP contribution in [0.1, 0.15) is 103 Å². The van der Waals surface area contributed by atoms with E-state index in [9.17, 15) is 13.2 Å². The van der Waals surface area contributed by atoms with Crippen LogP contribution < -0.4 is 5.32 Å². The highest BCUT2D eigenvalue weighted by Crippen LogP contribution is 2.10. The van der Waals surface area contributed by atoms with Gasteiger partial charge in [0.2, 0.25) is 5.91 Å². The van der Waals surface area contributed by atoms with E-state index in [1.165, 1.54) is 64.2 Å². The molecule has 2 N–H and O–H groups in total. The average molecular weight is 404 g/mol. The number of amides is 1. The SMILES string of the molecule is CCCCCCCCC/C=C\CCCCCCCC(=O)NCCS(=O)(=O)O. The normalized spacial score (nSPS) is 11.9. The van der Waals surface area contributed by atoms with Crippen molar-refractivity contribution in [3.05, 3.63) is 12.2 Å². The van der Waals surface area contributed by atoms with Gasteiger partial charge in [0.05, 0.1) is 5.75 Å². The Balaban J connectivity index is 3.27. The van der Waals surface area contributed by atoms with Crippen LogP contribution in [-0.4, -0.2) is 31.2 Å². The molecule has 1 amide bonds. The van der Waals surface area contributed by atoms with E-state index in [1.54, 1.807) is 0 Å². The van der Waals surface area contributed by atoms with Gasteiger partial charge in [0, 0.05) is 13.0 Å². The Morgan fingerprint density at radius 3 is 1.81 bits per heavy atom. The van der Waals surface area contributed by atoms with E-state index in [1.807, 2.05) is 0 Å². The molecular weight excluding hydrogens is 362 g/mol. The highest BCUT2D eigenvalue weighted by Gasteiger charge is 2.06. The predicted octanol–water partition coefficient (Wildman–Crippen LogP) is 5.42. The van der Waals surface area contributed by atoms with E-state index in [-0.39, 0.29) is 12.5 Å². The number of nitrogens with one attached hydrogen (secondary N) is 1. The van der Waals surface area contributed by atoms with Gasteiger partial charge in [-0.25, -0.2) is 0 Å². The van der Waals surface area contributed by atoms with E-state index in [2.05, 4.69) is 24.4 Å². The van der Waals surface area contributed by atoms with E-state index >= 15 is 0 Å². The summed E-state index contributed by atoms with van der Waals surface area (Å²) in [6.07, 6.45) is 22.3. The minimum absolute atomic E-state index is 0.0249. The molecule has 0 radical (unpaired) electrons. The van der Waals surface area contributed by atoms with E-state index in [0.717, 1.165) is 25.7 Å². The van der Waals surface area contributed by atoms with Crippen LogP contribution in [0.4, 0.5) is 0 Å². The Morgan fingerprint density at radius 1 is 0.815 bits per heavy atom. The fraction of sp³-hybridized carbons (Fsp3) is 0.857. The Hall–Kier alpha value is -0.880. The fourth-order valence-electron chi connectivity index (χ4n) is 2.94. The number of hydrogen-bond acceptors (Lipinski definition) is 3. The van der Waals surface area contributed by atoms with Crippen LogP contribution in [0.25, 0.3) is 0 Å². The number of rotatable bonds is 19. The summed E-state index contributed by atoms with van der Waals surface area (Å²) in [7, 11) is -3.99. The van der Waals surface area contributed by atoms with Crippen LogP contribution >= 0.6 is 0 Å². The highest BCUT2D eigenvalue weighted by atomic mass is 32.2. The second-order valence-corrected chi connectivity index (χ2v) is 8.90. The molecule has 0 atom stereocenters. The molecule has 0 aliphatic rings. The maximum atomic E-state index is 11.5. The molecule has 27 heavy (non-hydrogen) atoms. The summed E-state index contributed by atoms with van der Waals surface area (Å²) < 4.78 is 29.6. The van der Waals surface area contributed by atoms with Gasteiger partial charge in [-0.2, -0.15) is 8.42 Å². The zero-order chi connectivity index (χ0) is 20.2. The van der Waals surface area contributed by atoms with Crippen molar-refractivity contribution >= 4 is 16.0 Å². The highest BCUT2D eigenvalue weighted by molar-refractivity contribution is 7.85. The van der Waals surface area contributed by atoms with Crippen molar-refractivity contribution in [1.82, 2.24) is 5.32 Å². The lowest BCUT2D eigenvalue weighted by Crippen LogP contribution is -2.28. The van der Waals surface area contributed by atoms with Gasteiger partial charge in [0.15, 0.2) is 0 Å². The molecule has 0 fully saturated rings. The van der Waals surface area contributed by atoms with Gasteiger partial charge in [-0.3, -0.25) is 9.35 Å². The van der Waals surface area contributed by atoms with Gasteiger partial charge < -0.3 is 5.32 Å². The lowest BCUT2D eigenvalue weighted by molar-refractivity contribution is -0.121. The van der Waals surface area contributed by atoms with E-state index in [0.29, 0.717) is 6.42 Å². The summed E-state index contributed by atoms with van der Waals surface area (Å²) in [5, 5.41) is 2.50. The average Bonchev–Trinajstić information content (AvgIpc) is 2.60. The van der Waals surface area contributed by atoms with Gasteiger partial charge >= 0.3 is 0 Å². The number of allylic oxidation sites excluding steroid dienone is 2. The summed E-state index contributed by atoms with van der Waals surface area (Å²) >= 11 is 0. The van der Waals surface area contributed by atoms with Crippen molar-refractivity contribution in [1.29, 1.82) is 0 Å². The zero-order valence-corrected chi connectivity index (χ0v) is 18.1. The van der Waals surface area contributed by atoms with Crippen LogP contribution in [-0.2, 0) is 14.9 Å². The van der Waals surface area contributed by atoms with Crippen molar-refractivity contribution in [2.45, 2.75) is 103 Å². The van der Waals surface area contributed by atoms with Crippen LogP contribution in [0, 0.1) is 0 Å². The molecule has 0 aliphatic carbocycles. The zero-order valence-electron chi connectivity index (χ0n) is 17.3. The molecule has 160 valence electrons. The summed E-state index contributed by atoms with van der Waals surface area (Å²) in [6.45, 7) is 2.23. The third kappa shape index (κ3) is 23.1. The molecule has 0 heterocycles. The Morgan fingerprint density at radius 2 is 1.30 bits per heavy atom. The van der Waals surface area contributed by atoms with Crippen molar-refractivity contribution in [2.24, 2.45) is 0 Å². The lowest BCUT2D eigenvalue weighted by atomic mass is 10.1. The molecule has 0 saturated carbocycles. The number of unbranched alkanes of at least 4 members (excludes halogenated alkanes) is 12. The molecule has 0 spiro atoms. The number of carbonyl (C=O) groups excluding carboxylic acids is 1. The first kappa shape index (κ1) is 26.1. The summed E-state index contributed by atoms with van der Waals surface area (Å²) in [5.41, 5.74) is 0. The first-order valence-electron chi connectivity index (χ1n) is 10.8. The van der Waals surface area contributed by atoms with Crippen molar-refractivity contribution < 1.29 is 17.8 Å². The van der Waals surface area contributed by atoms with Crippen molar-refractivity contribution in [3.8, 4) is 0 Å². The maximum absolute atomic E-state index is 11.5. The largest absolute Gasteiger partial charge is 0.355 e. The molecular formula is C21H41NO4S. The fourth-order valence-corrected chi connectivity index (χ4v) is 3.30. The van der Waals surface area contributed by atoms with Crippen LogP contribution in [0.5, 0.6) is 0 Å². The predicted molar refractivity (Wildman–Crippen MR) is 113 cm³/mol. The Labute approximate surface area is 167 Å². The number of hydrogen-bond donors (Lipinski definition) is 2. The summed E-state index contributed by atoms with van der Waals surface area (Å²) in [4.78, 5) is 11.5. The van der Waals surface area contributed by atoms with Gasteiger partial charge in [-0.15, -0.1) is 0 Å². The van der Waals surface area contributed by atoms with Gasteiger partial charge in [0.25, 0.3) is 10.1 Å². The molecule has 0 saturated heterocycles. The van der Waals surface area contributed by atoms with Gasteiger partial charge in [-0.1, -0.05) is 76.9 Å². The summed E-state index contributed by atoms with van der Waals surface area (Å²) in [6, 6.07) is 0. The van der Waals surface area contributed by atoms with Crippen molar-refractivity contribution in [3.63, 3.8) is 0 Å². The maximum Gasteiger partial charge on any atom is 0.266 e. The molecule has 0 aliphatic heterocycles. The Kier molecular flexibility index (Phi) is 17.9. The van der Waals surface area contributed by atoms with Gasteiger partial charge in [-0.05, 0) is 32.1 Å². The van der Waals surface area contributed by atoms with Crippen LogP contribution in [0.2, 0.25) is 0 Å². The molecule has 5 nitrogen and oxygen atoms in total. The van der Waals surface area contributed by atoms with Gasteiger partial charge in [0.1, 0.15) is 0 Å². The molecule has 0 aromatic carbocycles. The van der Waals surface area contributed by atoms with E-state index < -0.39 is 15.9 Å². The first-order chi connectivity index (χ1) is 13.0. The first-order valence-corrected chi connectivity index (χ1v) is 12.4. The monoisotopic (exact) mass is 403 g/mol. The smallest absolute Gasteiger partial charge is 0.266 e. The second-order valence-electron chi connectivity index (χ2n) is 7.32. The molecule has 6 heteroatoms. The molecule has 0 aromatic rings. The topological polar surface area (TPSA) is 83.5 Å². The van der Waals surface area contributed by atoms with Crippen molar-refractivity contribution in [2.75, 3.05) is 12.3 Å². The molecule has 0 aromatic heterocycles. The molecule has 0 unspecified atom stereocenters. The quantitative estimate of drug-likeness (QED) is 0.171. The molecule has 0 bridgehead atoms.